The van der Waals surface area contributed by atoms with Gasteiger partial charge in [-0.3, -0.25) is 4.79 Å². The lowest BCUT2D eigenvalue weighted by Crippen LogP contribution is -2.48. The van der Waals surface area contributed by atoms with Gasteiger partial charge in [0.15, 0.2) is 0 Å². The third-order valence-electron chi connectivity index (χ3n) is 9.95. The first-order valence-corrected chi connectivity index (χ1v) is 12.8. The summed E-state index contributed by atoms with van der Waals surface area (Å²) >= 11 is 0. The van der Waals surface area contributed by atoms with Crippen molar-refractivity contribution >= 4 is 5.97 Å². The van der Waals surface area contributed by atoms with E-state index in [1.54, 1.807) is 0 Å². The Labute approximate surface area is 184 Å². The minimum absolute atomic E-state index is 0.0632. The molecule has 0 aromatic rings. The summed E-state index contributed by atoms with van der Waals surface area (Å²) in [5.41, 5.74) is 0.288. The molecule has 1 N–H and O–H groups in total. The Morgan fingerprint density at radius 1 is 1.07 bits per heavy atom. The van der Waals surface area contributed by atoms with Crippen LogP contribution in [0.3, 0.4) is 0 Å². The van der Waals surface area contributed by atoms with Gasteiger partial charge in [0, 0.05) is 11.8 Å². The topological polar surface area (TPSA) is 46.5 Å². The zero-order valence-corrected chi connectivity index (χ0v) is 20.0. The van der Waals surface area contributed by atoms with Gasteiger partial charge in [0.25, 0.3) is 0 Å². The molecule has 3 aliphatic carbocycles. The molecule has 0 unspecified atom stereocenters. The van der Waals surface area contributed by atoms with Crippen LogP contribution in [0.2, 0.25) is 0 Å². The lowest BCUT2D eigenvalue weighted by atomic mass is 9.50. The molecule has 30 heavy (non-hydrogen) atoms. The quantitative estimate of drug-likeness (QED) is 0.520. The van der Waals surface area contributed by atoms with Gasteiger partial charge in [0.2, 0.25) is 0 Å². The average Bonchev–Trinajstić information content (AvgIpc) is 2.97. The molecule has 2 saturated carbocycles. The summed E-state index contributed by atoms with van der Waals surface area (Å²) in [4.78, 5) is 12.8. The lowest BCUT2D eigenvalue weighted by molar-refractivity contribution is -0.141. The van der Waals surface area contributed by atoms with E-state index < -0.39 is 6.10 Å². The average molecular weight is 417 g/mol. The number of carbonyl (C=O) groups excluding carboxylic acids is 1. The fourth-order valence-corrected chi connectivity index (χ4v) is 8.28. The number of aliphatic hydroxyl groups excluding tert-OH is 1. The van der Waals surface area contributed by atoms with E-state index in [0.29, 0.717) is 29.6 Å². The zero-order chi connectivity index (χ0) is 21.7. The van der Waals surface area contributed by atoms with Crippen molar-refractivity contribution < 1.29 is 14.6 Å². The van der Waals surface area contributed by atoms with Gasteiger partial charge in [-0.25, -0.2) is 0 Å². The van der Waals surface area contributed by atoms with Crippen LogP contribution >= 0.6 is 0 Å². The number of aliphatic hydroxyl groups is 1. The highest BCUT2D eigenvalue weighted by Gasteiger charge is 2.60. The number of carbonyl (C=O) groups is 1. The monoisotopic (exact) mass is 416 g/mol. The van der Waals surface area contributed by atoms with E-state index in [4.69, 9.17) is 4.74 Å². The molecule has 4 rings (SSSR count). The highest BCUT2D eigenvalue weighted by molar-refractivity contribution is 5.72. The highest BCUT2D eigenvalue weighted by Crippen LogP contribution is 2.66. The molecule has 0 aromatic heterocycles. The number of esters is 1. The SMILES string of the molecule is CC(C)CCC[C@@H](C)[C@H]1CC[C@H]2[C@@H]3CC(=O)OC4=C[C@H](O)CC[C@]4(C)[C@H]3CC[C@]12C. The number of allylic oxidation sites excluding steroid dienone is 1. The largest absolute Gasteiger partial charge is 0.431 e. The third-order valence-corrected chi connectivity index (χ3v) is 9.95. The Balaban J connectivity index is 1.56. The summed E-state index contributed by atoms with van der Waals surface area (Å²) in [5.74, 6) is 4.68. The van der Waals surface area contributed by atoms with Crippen LogP contribution in [0.1, 0.15) is 98.8 Å². The molecule has 0 aromatic carbocycles. The van der Waals surface area contributed by atoms with Crippen molar-refractivity contribution in [3.8, 4) is 0 Å². The Morgan fingerprint density at radius 2 is 1.83 bits per heavy atom. The number of ether oxygens (including phenoxy) is 1. The van der Waals surface area contributed by atoms with Crippen LogP contribution in [0.25, 0.3) is 0 Å². The van der Waals surface area contributed by atoms with Crippen LogP contribution in [-0.2, 0) is 9.53 Å². The molecule has 0 radical (unpaired) electrons. The van der Waals surface area contributed by atoms with Crippen molar-refractivity contribution in [1.29, 1.82) is 0 Å². The smallest absolute Gasteiger partial charge is 0.311 e. The van der Waals surface area contributed by atoms with Crippen molar-refractivity contribution in [1.82, 2.24) is 0 Å². The fraction of sp³-hybridized carbons (Fsp3) is 0.889. The molecule has 3 heteroatoms. The molecular formula is C27H44O3. The molecule has 3 fully saturated rings. The molecule has 0 amide bonds. The van der Waals surface area contributed by atoms with E-state index in [2.05, 4.69) is 34.6 Å². The van der Waals surface area contributed by atoms with Crippen LogP contribution in [0.5, 0.6) is 0 Å². The van der Waals surface area contributed by atoms with Crippen LogP contribution < -0.4 is 0 Å². The number of rotatable bonds is 5. The zero-order valence-electron chi connectivity index (χ0n) is 20.0. The molecule has 8 atom stereocenters. The lowest BCUT2D eigenvalue weighted by Gasteiger charge is -2.54. The predicted molar refractivity (Wildman–Crippen MR) is 121 cm³/mol. The van der Waals surface area contributed by atoms with Crippen LogP contribution in [-0.4, -0.2) is 17.2 Å². The van der Waals surface area contributed by atoms with Crippen molar-refractivity contribution in [3.63, 3.8) is 0 Å². The van der Waals surface area contributed by atoms with Gasteiger partial charge in [-0.05, 0) is 85.5 Å². The summed E-state index contributed by atoms with van der Waals surface area (Å²) in [6.45, 7) is 12.0. The molecule has 0 bridgehead atoms. The van der Waals surface area contributed by atoms with Crippen LogP contribution in [0, 0.1) is 46.3 Å². The van der Waals surface area contributed by atoms with Gasteiger partial charge >= 0.3 is 5.97 Å². The number of hydrogen-bond donors (Lipinski definition) is 1. The van der Waals surface area contributed by atoms with Gasteiger partial charge in [-0.1, -0.05) is 53.9 Å². The Kier molecular flexibility index (Phi) is 6.16. The maximum absolute atomic E-state index is 12.8. The third kappa shape index (κ3) is 3.78. The van der Waals surface area contributed by atoms with Crippen molar-refractivity contribution in [2.24, 2.45) is 46.3 Å². The fourth-order valence-electron chi connectivity index (χ4n) is 8.28. The van der Waals surface area contributed by atoms with Gasteiger partial charge in [0.1, 0.15) is 5.76 Å². The molecule has 4 aliphatic rings. The Morgan fingerprint density at radius 3 is 2.57 bits per heavy atom. The van der Waals surface area contributed by atoms with Crippen molar-refractivity contribution in [2.45, 2.75) is 105 Å². The number of hydrogen-bond acceptors (Lipinski definition) is 3. The second-order valence-electron chi connectivity index (χ2n) is 12.1. The standard InChI is InChI=1S/C27H44O3/c1-17(2)7-6-8-18(3)21-9-10-22-20-16-25(29)30-24-15-19(28)11-13-27(24,5)23(20)12-14-26(21,22)4/h15,17-23,28H,6-14,16H2,1-5H3/t18-,19-,20+,21-,22+,23+,26-,27-/m1/s1. The summed E-state index contributed by atoms with van der Waals surface area (Å²) in [6.07, 6.45) is 12.8. The van der Waals surface area contributed by atoms with E-state index in [-0.39, 0.29) is 11.4 Å². The first-order valence-electron chi connectivity index (χ1n) is 12.8. The van der Waals surface area contributed by atoms with Gasteiger partial charge in [-0.15, -0.1) is 0 Å². The van der Waals surface area contributed by atoms with E-state index in [0.717, 1.165) is 36.4 Å². The van der Waals surface area contributed by atoms with Crippen molar-refractivity contribution in [3.05, 3.63) is 11.8 Å². The molecule has 3 nitrogen and oxygen atoms in total. The predicted octanol–water partition coefficient (Wildman–Crippen LogP) is 6.50. The van der Waals surface area contributed by atoms with Crippen LogP contribution in [0.15, 0.2) is 11.8 Å². The highest BCUT2D eigenvalue weighted by atomic mass is 16.5. The second kappa shape index (κ2) is 8.26. The minimum Gasteiger partial charge on any atom is -0.431 e. The molecule has 1 heterocycles. The van der Waals surface area contributed by atoms with E-state index in [1.807, 2.05) is 6.08 Å². The first kappa shape index (κ1) is 22.4. The number of fused-ring (bicyclic) bond motifs is 5. The van der Waals surface area contributed by atoms with Gasteiger partial charge in [-0.2, -0.15) is 0 Å². The molecule has 170 valence electrons. The van der Waals surface area contributed by atoms with Gasteiger partial charge in [0.05, 0.1) is 6.10 Å². The molecule has 1 aliphatic heterocycles. The van der Waals surface area contributed by atoms with Gasteiger partial charge < -0.3 is 9.84 Å². The first-order chi connectivity index (χ1) is 14.1. The summed E-state index contributed by atoms with van der Waals surface area (Å²) in [6, 6.07) is 0. The summed E-state index contributed by atoms with van der Waals surface area (Å²) in [5, 5.41) is 10.2. The maximum atomic E-state index is 12.8. The normalized spacial score (nSPS) is 44.4. The summed E-state index contributed by atoms with van der Waals surface area (Å²) < 4.78 is 5.87. The van der Waals surface area contributed by atoms with E-state index in [9.17, 15) is 9.90 Å². The summed E-state index contributed by atoms with van der Waals surface area (Å²) in [7, 11) is 0. The molecular weight excluding hydrogens is 372 g/mol. The molecule has 0 spiro atoms. The Bertz CT molecular complexity index is 682. The van der Waals surface area contributed by atoms with E-state index in [1.165, 1.54) is 44.9 Å². The second-order valence-corrected chi connectivity index (χ2v) is 12.1. The van der Waals surface area contributed by atoms with E-state index >= 15 is 0 Å². The van der Waals surface area contributed by atoms with Crippen LogP contribution in [0.4, 0.5) is 0 Å². The minimum atomic E-state index is -0.464. The van der Waals surface area contributed by atoms with Crippen molar-refractivity contribution in [2.75, 3.05) is 0 Å². The molecule has 1 saturated heterocycles. The maximum Gasteiger partial charge on any atom is 0.311 e. The Hall–Kier alpha value is -0.830.